The van der Waals surface area contributed by atoms with Crippen molar-refractivity contribution in [1.82, 2.24) is 19.4 Å². The number of unbranched alkanes of at least 4 members (excludes halogenated alkanes) is 7. The fraction of sp³-hybridized carbons (Fsp3) is 0.618. The van der Waals surface area contributed by atoms with Crippen LogP contribution in [-0.4, -0.2) is 64.1 Å². The number of carbonyl (C=O) groups excluding carboxylic acids is 1. The Labute approximate surface area is 255 Å². The number of rotatable bonds is 16. The van der Waals surface area contributed by atoms with Crippen LogP contribution in [0.3, 0.4) is 0 Å². The summed E-state index contributed by atoms with van der Waals surface area (Å²) in [6.45, 7) is 6.44. The highest BCUT2D eigenvalue weighted by atomic mass is 16.5. The molecule has 0 aromatic carbocycles. The number of carbonyl (C=O) groups is 1. The summed E-state index contributed by atoms with van der Waals surface area (Å²) in [6.07, 6.45) is 17.8. The van der Waals surface area contributed by atoms with Gasteiger partial charge in [-0.25, -0.2) is 0 Å². The van der Waals surface area contributed by atoms with Crippen LogP contribution in [0.4, 0.5) is 0 Å². The lowest BCUT2D eigenvalue weighted by Crippen LogP contribution is -2.53. The molecule has 1 amide bonds. The van der Waals surface area contributed by atoms with Crippen LogP contribution in [0.5, 0.6) is 5.75 Å². The Hall–Kier alpha value is -3.17. The third-order valence-corrected chi connectivity index (χ3v) is 8.97. The minimum atomic E-state index is -0.0849. The molecule has 9 nitrogen and oxygen atoms in total. The zero-order chi connectivity index (χ0) is 30.2. The SMILES string of the molecule is CC1CN(C(=O)CCCCCCCCCCN)CCN1Cc1cc2c(=O)n(C)cc(-c3ccncc3OCC3CC3)c2o1. The molecule has 2 aliphatic rings. The lowest BCUT2D eigenvalue weighted by atomic mass is 10.1. The summed E-state index contributed by atoms with van der Waals surface area (Å²) in [5, 5.41) is 0.567. The lowest BCUT2D eigenvalue weighted by Gasteiger charge is -2.39. The molecule has 0 spiro atoms. The molecule has 234 valence electrons. The van der Waals surface area contributed by atoms with Crippen molar-refractivity contribution in [3.8, 4) is 16.9 Å². The first-order valence-electron chi connectivity index (χ1n) is 16.4. The van der Waals surface area contributed by atoms with Crippen LogP contribution in [0, 0.1) is 5.92 Å². The van der Waals surface area contributed by atoms with Crippen molar-refractivity contribution in [2.45, 2.75) is 90.1 Å². The number of hydrogen-bond donors (Lipinski definition) is 1. The van der Waals surface area contributed by atoms with Crippen LogP contribution in [0.15, 0.2) is 39.9 Å². The Morgan fingerprint density at radius 1 is 1.07 bits per heavy atom. The largest absolute Gasteiger partial charge is 0.491 e. The van der Waals surface area contributed by atoms with E-state index in [1.165, 1.54) is 44.9 Å². The number of pyridine rings is 2. The van der Waals surface area contributed by atoms with Crippen LogP contribution >= 0.6 is 0 Å². The van der Waals surface area contributed by atoms with E-state index in [4.69, 9.17) is 14.9 Å². The van der Waals surface area contributed by atoms with Crippen LogP contribution in [0.25, 0.3) is 22.1 Å². The fourth-order valence-electron chi connectivity index (χ4n) is 6.08. The molecule has 5 rings (SSSR count). The van der Waals surface area contributed by atoms with E-state index in [1.54, 1.807) is 24.0 Å². The Morgan fingerprint density at radius 3 is 2.53 bits per heavy atom. The Bertz CT molecular complexity index is 1410. The van der Waals surface area contributed by atoms with Crippen molar-refractivity contribution in [2.24, 2.45) is 18.7 Å². The Kier molecular flexibility index (Phi) is 10.9. The second kappa shape index (κ2) is 15.0. The number of aromatic nitrogens is 2. The number of ether oxygens (including phenoxy) is 1. The third kappa shape index (κ3) is 8.26. The standard InChI is InChI=1S/C34H49N5O4/c1-25-21-39(32(40)11-9-7-5-3-4-6-8-10-15-35)18-17-38(25)22-27-19-29-33(43-27)30(23-37(2)34(29)41)28-14-16-36-20-31(28)42-24-26-12-13-26/h14,16,19-20,23,25-26H,3-13,15,17-18,21-22,24,35H2,1-2H3. The molecule has 1 saturated carbocycles. The minimum absolute atomic E-state index is 0.0849. The van der Waals surface area contributed by atoms with Crippen LogP contribution < -0.4 is 16.0 Å². The van der Waals surface area contributed by atoms with E-state index in [1.807, 2.05) is 23.2 Å². The molecule has 1 saturated heterocycles. The number of nitrogens with zero attached hydrogens (tertiary/aromatic N) is 4. The maximum Gasteiger partial charge on any atom is 0.261 e. The van der Waals surface area contributed by atoms with Gasteiger partial charge >= 0.3 is 0 Å². The average molecular weight is 592 g/mol. The molecule has 2 N–H and O–H groups in total. The van der Waals surface area contributed by atoms with Gasteiger partial charge in [-0.3, -0.25) is 19.5 Å². The molecule has 0 radical (unpaired) electrons. The van der Waals surface area contributed by atoms with Gasteiger partial charge in [0.15, 0.2) is 0 Å². The highest BCUT2D eigenvalue weighted by Crippen LogP contribution is 2.37. The van der Waals surface area contributed by atoms with Gasteiger partial charge in [0.2, 0.25) is 5.91 Å². The molecule has 1 atom stereocenters. The second-order valence-electron chi connectivity index (χ2n) is 12.6. The van der Waals surface area contributed by atoms with Gasteiger partial charge in [-0.15, -0.1) is 0 Å². The molecule has 3 aromatic heterocycles. The molecule has 4 heterocycles. The second-order valence-corrected chi connectivity index (χ2v) is 12.6. The van der Waals surface area contributed by atoms with Gasteiger partial charge in [-0.2, -0.15) is 0 Å². The summed E-state index contributed by atoms with van der Waals surface area (Å²) in [4.78, 5) is 34.7. The van der Waals surface area contributed by atoms with E-state index in [2.05, 4.69) is 16.8 Å². The van der Waals surface area contributed by atoms with Crippen molar-refractivity contribution in [3.63, 3.8) is 0 Å². The van der Waals surface area contributed by atoms with E-state index in [9.17, 15) is 9.59 Å². The lowest BCUT2D eigenvalue weighted by molar-refractivity contribution is -0.134. The van der Waals surface area contributed by atoms with Crippen molar-refractivity contribution in [3.05, 3.63) is 46.8 Å². The van der Waals surface area contributed by atoms with Gasteiger partial charge in [0.05, 0.1) is 24.7 Å². The molecular weight excluding hydrogens is 542 g/mol. The number of amides is 1. The summed E-state index contributed by atoms with van der Waals surface area (Å²) in [5.41, 5.74) is 7.75. The molecule has 0 bridgehead atoms. The first-order valence-corrected chi connectivity index (χ1v) is 16.4. The topological polar surface area (TPSA) is 107 Å². The zero-order valence-corrected chi connectivity index (χ0v) is 26.1. The average Bonchev–Trinajstić information content (AvgIpc) is 3.75. The zero-order valence-electron chi connectivity index (χ0n) is 26.1. The van der Waals surface area contributed by atoms with E-state index in [0.29, 0.717) is 48.8 Å². The molecule has 1 aliphatic carbocycles. The van der Waals surface area contributed by atoms with Gasteiger partial charge in [0, 0.05) is 62.7 Å². The van der Waals surface area contributed by atoms with Gasteiger partial charge in [-0.05, 0) is 57.2 Å². The summed E-state index contributed by atoms with van der Waals surface area (Å²) in [7, 11) is 1.77. The van der Waals surface area contributed by atoms with E-state index >= 15 is 0 Å². The first kappa shape index (κ1) is 31.3. The van der Waals surface area contributed by atoms with Crippen molar-refractivity contribution >= 4 is 16.9 Å². The van der Waals surface area contributed by atoms with Crippen molar-refractivity contribution in [2.75, 3.05) is 32.8 Å². The van der Waals surface area contributed by atoms with Gasteiger partial charge < -0.3 is 24.4 Å². The highest BCUT2D eigenvalue weighted by Gasteiger charge is 2.28. The van der Waals surface area contributed by atoms with Crippen molar-refractivity contribution in [1.29, 1.82) is 0 Å². The minimum Gasteiger partial charge on any atom is -0.491 e. The fourth-order valence-corrected chi connectivity index (χ4v) is 6.08. The molecule has 3 aromatic rings. The number of furan rings is 1. The summed E-state index contributed by atoms with van der Waals surface area (Å²) in [6, 6.07) is 4.01. The number of nitrogens with two attached hydrogens (primary N) is 1. The van der Waals surface area contributed by atoms with E-state index in [0.717, 1.165) is 55.8 Å². The molecule has 43 heavy (non-hydrogen) atoms. The number of piperazine rings is 1. The number of aryl methyl sites for hydroxylation is 1. The molecule has 2 fully saturated rings. The quantitative estimate of drug-likeness (QED) is 0.220. The number of fused-ring (bicyclic) bond motifs is 1. The Morgan fingerprint density at radius 2 is 1.81 bits per heavy atom. The highest BCUT2D eigenvalue weighted by molar-refractivity contribution is 5.93. The van der Waals surface area contributed by atoms with Gasteiger partial charge in [0.25, 0.3) is 5.56 Å². The maximum absolute atomic E-state index is 13.1. The summed E-state index contributed by atoms with van der Waals surface area (Å²) in [5.74, 6) is 2.35. The molecule has 1 unspecified atom stereocenters. The smallest absolute Gasteiger partial charge is 0.261 e. The molecular formula is C34H49N5O4. The van der Waals surface area contributed by atoms with Crippen LogP contribution in [0.1, 0.15) is 83.3 Å². The Balaban J connectivity index is 1.17. The number of hydrogen-bond acceptors (Lipinski definition) is 7. The molecule has 1 aliphatic heterocycles. The third-order valence-electron chi connectivity index (χ3n) is 8.97. The monoisotopic (exact) mass is 591 g/mol. The molecule has 9 heteroatoms. The predicted molar refractivity (Wildman–Crippen MR) is 170 cm³/mol. The predicted octanol–water partition coefficient (Wildman–Crippen LogP) is 5.48. The van der Waals surface area contributed by atoms with E-state index < -0.39 is 0 Å². The van der Waals surface area contributed by atoms with Crippen molar-refractivity contribution < 1.29 is 13.9 Å². The normalized spacial score (nSPS) is 17.6. The maximum atomic E-state index is 13.1. The van der Waals surface area contributed by atoms with Gasteiger partial charge in [0.1, 0.15) is 17.1 Å². The van der Waals surface area contributed by atoms with Crippen LogP contribution in [0.2, 0.25) is 0 Å². The van der Waals surface area contributed by atoms with E-state index in [-0.39, 0.29) is 17.5 Å². The summed E-state index contributed by atoms with van der Waals surface area (Å²) >= 11 is 0. The summed E-state index contributed by atoms with van der Waals surface area (Å²) < 4.78 is 14.1. The van der Waals surface area contributed by atoms with Crippen LogP contribution in [-0.2, 0) is 18.4 Å². The first-order chi connectivity index (χ1) is 20.9. The van der Waals surface area contributed by atoms with Gasteiger partial charge in [-0.1, -0.05) is 38.5 Å².